The zero-order chi connectivity index (χ0) is 13.4. The van der Waals surface area contributed by atoms with Crippen molar-refractivity contribution in [2.45, 2.75) is 19.8 Å². The zero-order valence-corrected chi connectivity index (χ0v) is 11.6. The summed E-state index contributed by atoms with van der Waals surface area (Å²) in [5.41, 5.74) is 5.72. The number of anilines is 2. The van der Waals surface area contributed by atoms with E-state index in [4.69, 9.17) is 10.5 Å². The van der Waals surface area contributed by atoms with Gasteiger partial charge in [0.1, 0.15) is 10.7 Å². The van der Waals surface area contributed by atoms with Gasteiger partial charge in [0.2, 0.25) is 0 Å². The van der Waals surface area contributed by atoms with E-state index in [9.17, 15) is 4.79 Å². The van der Waals surface area contributed by atoms with Crippen molar-refractivity contribution in [3.63, 3.8) is 0 Å². The molecule has 102 valence electrons. The molecule has 0 aliphatic carbocycles. The number of amides is 1. The van der Waals surface area contributed by atoms with Crippen molar-refractivity contribution in [2.24, 2.45) is 0 Å². The Balaban J connectivity index is 2.52. The average Bonchev–Trinajstić information content (AvgIpc) is 2.71. The van der Waals surface area contributed by atoms with Gasteiger partial charge >= 0.3 is 0 Å². The molecule has 0 saturated heterocycles. The number of nitrogens with zero attached hydrogens (tertiary/aromatic N) is 1. The maximum absolute atomic E-state index is 11.8. The quantitative estimate of drug-likeness (QED) is 0.621. The predicted octanol–water partition coefficient (Wildman–Crippen LogP) is 1.31. The summed E-state index contributed by atoms with van der Waals surface area (Å²) in [6, 6.07) is 0. The largest absolute Gasteiger partial charge is 0.383 e. The van der Waals surface area contributed by atoms with Crippen LogP contribution in [0.25, 0.3) is 0 Å². The van der Waals surface area contributed by atoms with Crippen molar-refractivity contribution in [1.29, 1.82) is 0 Å². The highest BCUT2D eigenvalue weighted by Crippen LogP contribution is 2.24. The minimum atomic E-state index is -0.154. The van der Waals surface area contributed by atoms with Gasteiger partial charge in [-0.3, -0.25) is 4.79 Å². The number of rotatable bonds is 8. The van der Waals surface area contributed by atoms with Gasteiger partial charge in [0, 0.05) is 20.2 Å². The smallest absolute Gasteiger partial charge is 0.265 e. The van der Waals surface area contributed by atoms with E-state index in [1.807, 2.05) is 0 Å². The molecule has 0 aromatic carbocycles. The van der Waals surface area contributed by atoms with Gasteiger partial charge in [0.05, 0.1) is 6.61 Å². The molecule has 0 aliphatic rings. The number of hydrogen-bond donors (Lipinski definition) is 3. The number of thiazole rings is 1. The topological polar surface area (TPSA) is 89.3 Å². The summed E-state index contributed by atoms with van der Waals surface area (Å²) < 4.78 is 4.92. The van der Waals surface area contributed by atoms with Crippen LogP contribution in [0.3, 0.4) is 0 Å². The molecule has 1 amide bonds. The Kier molecular flexibility index (Phi) is 6.45. The Labute approximate surface area is 111 Å². The fourth-order valence-electron chi connectivity index (χ4n) is 1.29. The lowest BCUT2D eigenvalue weighted by Gasteiger charge is -2.01. The van der Waals surface area contributed by atoms with Crippen LogP contribution in [0.5, 0.6) is 0 Å². The number of nitrogen functional groups attached to an aromatic ring is 1. The average molecular weight is 272 g/mol. The van der Waals surface area contributed by atoms with Gasteiger partial charge in [0.25, 0.3) is 5.91 Å². The third-order valence-electron chi connectivity index (χ3n) is 2.26. The number of carbonyl (C=O) groups excluding carboxylic acids is 1. The molecule has 4 N–H and O–H groups in total. The number of unbranched alkanes of at least 4 members (excludes halogenated alkanes) is 1. The van der Waals surface area contributed by atoms with Crippen LogP contribution in [0.1, 0.15) is 29.4 Å². The molecule has 1 heterocycles. The van der Waals surface area contributed by atoms with Gasteiger partial charge in [-0.05, 0) is 6.42 Å². The molecular weight excluding hydrogens is 252 g/mol. The fourth-order valence-corrected chi connectivity index (χ4v) is 2.12. The van der Waals surface area contributed by atoms with Crippen molar-refractivity contribution in [2.75, 3.05) is 37.9 Å². The Morgan fingerprint density at radius 1 is 1.50 bits per heavy atom. The van der Waals surface area contributed by atoms with Gasteiger partial charge in [-0.25, -0.2) is 4.98 Å². The normalized spacial score (nSPS) is 10.3. The maximum Gasteiger partial charge on any atom is 0.265 e. The number of nitrogens with one attached hydrogen (secondary N) is 2. The second-order valence-corrected chi connectivity index (χ2v) is 4.76. The van der Waals surface area contributed by atoms with Gasteiger partial charge < -0.3 is 21.1 Å². The summed E-state index contributed by atoms with van der Waals surface area (Å²) >= 11 is 1.26. The summed E-state index contributed by atoms with van der Waals surface area (Å²) in [6.07, 6.45) is 2.01. The Hall–Kier alpha value is -1.34. The Morgan fingerprint density at radius 3 is 2.94 bits per heavy atom. The monoisotopic (exact) mass is 272 g/mol. The van der Waals surface area contributed by atoms with Crippen LogP contribution in [-0.2, 0) is 4.74 Å². The molecule has 0 aliphatic heterocycles. The highest BCUT2D eigenvalue weighted by Gasteiger charge is 2.15. The van der Waals surface area contributed by atoms with E-state index in [0.717, 1.165) is 12.8 Å². The molecule has 0 radical (unpaired) electrons. The third kappa shape index (κ3) is 4.50. The van der Waals surface area contributed by atoms with Crippen LogP contribution in [0.15, 0.2) is 0 Å². The first kappa shape index (κ1) is 14.7. The molecule has 1 aromatic heterocycles. The molecule has 7 heteroatoms. The standard InChI is InChI=1S/C11H20N4O2S/c1-3-4-5-13-10(16)8-9(12)15-11(18-8)14-6-7-17-2/h3-7,12H2,1-2H3,(H,13,16)(H,14,15). The molecule has 0 atom stereocenters. The number of hydrogen-bond acceptors (Lipinski definition) is 6. The number of aromatic nitrogens is 1. The number of methoxy groups -OCH3 is 1. The van der Waals surface area contributed by atoms with E-state index in [-0.39, 0.29) is 11.7 Å². The van der Waals surface area contributed by atoms with Crippen LogP contribution in [-0.4, -0.2) is 37.7 Å². The third-order valence-corrected chi connectivity index (χ3v) is 3.29. The van der Waals surface area contributed by atoms with Gasteiger partial charge in [-0.15, -0.1) is 0 Å². The molecule has 1 aromatic rings. The maximum atomic E-state index is 11.8. The zero-order valence-electron chi connectivity index (χ0n) is 10.8. The highest BCUT2D eigenvalue weighted by atomic mass is 32.1. The van der Waals surface area contributed by atoms with Crippen LogP contribution in [0, 0.1) is 0 Å². The van der Waals surface area contributed by atoms with Crippen LogP contribution in [0.4, 0.5) is 10.9 Å². The van der Waals surface area contributed by atoms with Crippen molar-refractivity contribution >= 4 is 28.2 Å². The van der Waals surface area contributed by atoms with E-state index in [1.54, 1.807) is 7.11 Å². The van der Waals surface area contributed by atoms with E-state index in [0.29, 0.717) is 29.7 Å². The van der Waals surface area contributed by atoms with E-state index >= 15 is 0 Å². The lowest BCUT2D eigenvalue weighted by Crippen LogP contribution is -2.24. The fraction of sp³-hybridized carbons (Fsp3) is 0.636. The first-order valence-corrected chi connectivity index (χ1v) is 6.78. The van der Waals surface area contributed by atoms with Crippen LogP contribution < -0.4 is 16.4 Å². The molecule has 6 nitrogen and oxygen atoms in total. The predicted molar refractivity (Wildman–Crippen MR) is 74.1 cm³/mol. The number of carbonyl (C=O) groups is 1. The minimum absolute atomic E-state index is 0.154. The summed E-state index contributed by atoms with van der Waals surface area (Å²) in [4.78, 5) is 16.4. The number of nitrogens with two attached hydrogens (primary N) is 1. The van der Waals surface area contributed by atoms with E-state index in [2.05, 4.69) is 22.5 Å². The summed E-state index contributed by atoms with van der Waals surface area (Å²) in [6.45, 7) is 3.96. The van der Waals surface area contributed by atoms with E-state index in [1.165, 1.54) is 11.3 Å². The van der Waals surface area contributed by atoms with Gasteiger partial charge in [-0.2, -0.15) is 0 Å². The molecule has 0 saturated carbocycles. The second-order valence-electron chi connectivity index (χ2n) is 3.76. The Bertz CT molecular complexity index is 381. The molecule has 0 bridgehead atoms. The van der Waals surface area contributed by atoms with Crippen molar-refractivity contribution < 1.29 is 9.53 Å². The minimum Gasteiger partial charge on any atom is -0.383 e. The number of ether oxygens (including phenoxy) is 1. The molecule has 0 spiro atoms. The van der Waals surface area contributed by atoms with Crippen LogP contribution >= 0.6 is 11.3 Å². The molecule has 18 heavy (non-hydrogen) atoms. The summed E-state index contributed by atoms with van der Waals surface area (Å²) in [5.74, 6) is 0.118. The highest BCUT2D eigenvalue weighted by molar-refractivity contribution is 7.18. The molecular formula is C11H20N4O2S. The Morgan fingerprint density at radius 2 is 2.28 bits per heavy atom. The molecule has 1 rings (SSSR count). The lowest BCUT2D eigenvalue weighted by atomic mass is 10.3. The first-order valence-electron chi connectivity index (χ1n) is 5.96. The molecule has 0 unspecified atom stereocenters. The van der Waals surface area contributed by atoms with Gasteiger partial charge in [-0.1, -0.05) is 24.7 Å². The van der Waals surface area contributed by atoms with Crippen molar-refractivity contribution in [3.8, 4) is 0 Å². The summed E-state index contributed by atoms with van der Waals surface area (Å²) in [7, 11) is 1.63. The van der Waals surface area contributed by atoms with Crippen molar-refractivity contribution in [3.05, 3.63) is 4.88 Å². The summed E-state index contributed by atoms with van der Waals surface area (Å²) in [5, 5.41) is 6.52. The first-order chi connectivity index (χ1) is 8.69. The van der Waals surface area contributed by atoms with Gasteiger partial charge in [0.15, 0.2) is 5.13 Å². The van der Waals surface area contributed by atoms with Crippen molar-refractivity contribution in [1.82, 2.24) is 10.3 Å². The molecule has 0 fully saturated rings. The van der Waals surface area contributed by atoms with E-state index < -0.39 is 0 Å². The lowest BCUT2D eigenvalue weighted by molar-refractivity contribution is 0.0958. The SMILES string of the molecule is CCCCNC(=O)c1sc(NCCOC)nc1N. The second kappa shape index (κ2) is 7.88. The van der Waals surface area contributed by atoms with Crippen LogP contribution in [0.2, 0.25) is 0 Å².